The summed E-state index contributed by atoms with van der Waals surface area (Å²) in [5, 5.41) is 12.5. The molecule has 1 N–H and O–H groups in total. The molecule has 1 aromatic carbocycles. The van der Waals surface area contributed by atoms with E-state index in [2.05, 4.69) is 36.4 Å². The molecule has 3 aromatic rings. The number of hydrogen-bond acceptors (Lipinski definition) is 6. The first-order chi connectivity index (χ1) is 13.5. The van der Waals surface area contributed by atoms with E-state index < -0.39 is 0 Å². The van der Waals surface area contributed by atoms with Crippen LogP contribution in [0, 0.1) is 0 Å². The van der Waals surface area contributed by atoms with Crippen molar-refractivity contribution in [2.24, 2.45) is 0 Å². The number of halogens is 2. The van der Waals surface area contributed by atoms with Crippen LogP contribution < -0.4 is 10.1 Å². The van der Waals surface area contributed by atoms with Gasteiger partial charge in [0.05, 0.1) is 18.4 Å². The number of carbonyl (C=O) groups excluding carboxylic acids is 1. The van der Waals surface area contributed by atoms with Gasteiger partial charge in [-0.2, -0.15) is 0 Å². The smallest absolute Gasteiger partial charge is 0.236 e. The minimum absolute atomic E-state index is 0.174. The number of methoxy groups -OCH3 is 1. The van der Waals surface area contributed by atoms with Gasteiger partial charge < -0.3 is 14.6 Å². The third kappa shape index (κ3) is 4.84. The average molecular weight is 483 g/mol. The third-order valence-electron chi connectivity index (χ3n) is 3.76. The summed E-state index contributed by atoms with van der Waals surface area (Å²) in [6, 6.07) is 8.88. The molecule has 10 heteroatoms. The van der Waals surface area contributed by atoms with Crippen molar-refractivity contribution >= 4 is 51.0 Å². The molecule has 1 amide bonds. The predicted molar refractivity (Wildman–Crippen MR) is 114 cm³/mol. The summed E-state index contributed by atoms with van der Waals surface area (Å²) in [6.07, 6.45) is 1.63. The van der Waals surface area contributed by atoms with Crippen molar-refractivity contribution in [3.05, 3.63) is 46.0 Å². The molecule has 0 aliphatic carbocycles. The molecule has 0 radical (unpaired) electrons. The fourth-order valence-corrected chi connectivity index (χ4v) is 3.70. The van der Waals surface area contributed by atoms with Gasteiger partial charge in [0.1, 0.15) is 11.6 Å². The minimum atomic E-state index is -0.174. The Morgan fingerprint density at radius 1 is 1.32 bits per heavy atom. The maximum absolute atomic E-state index is 12.2. The number of hydrogen-bond donors (Lipinski definition) is 1. The molecule has 7 nitrogen and oxygen atoms in total. The van der Waals surface area contributed by atoms with Crippen LogP contribution in [0.15, 0.2) is 46.2 Å². The highest BCUT2D eigenvalue weighted by atomic mass is 79.9. The van der Waals surface area contributed by atoms with Gasteiger partial charge in [-0.25, -0.2) is 4.98 Å². The number of ether oxygens (including phenoxy) is 1. The van der Waals surface area contributed by atoms with E-state index in [0.29, 0.717) is 34.1 Å². The molecule has 0 saturated heterocycles. The van der Waals surface area contributed by atoms with E-state index in [1.165, 1.54) is 11.8 Å². The first-order valence-electron chi connectivity index (χ1n) is 8.33. The van der Waals surface area contributed by atoms with E-state index in [9.17, 15) is 4.79 Å². The van der Waals surface area contributed by atoms with Crippen LogP contribution in [-0.2, 0) is 11.3 Å². The number of nitrogens with zero attached hydrogens (tertiary/aromatic N) is 4. The van der Waals surface area contributed by atoms with Gasteiger partial charge in [0.2, 0.25) is 5.91 Å². The van der Waals surface area contributed by atoms with E-state index in [0.717, 1.165) is 10.0 Å². The van der Waals surface area contributed by atoms with Crippen molar-refractivity contribution < 1.29 is 9.53 Å². The molecule has 0 atom stereocenters. The zero-order valence-electron chi connectivity index (χ0n) is 15.1. The van der Waals surface area contributed by atoms with Gasteiger partial charge in [-0.05, 0) is 53.2 Å². The van der Waals surface area contributed by atoms with E-state index in [1.54, 1.807) is 37.6 Å². The highest BCUT2D eigenvalue weighted by Gasteiger charge is 2.18. The van der Waals surface area contributed by atoms with Crippen molar-refractivity contribution in [2.45, 2.75) is 18.6 Å². The largest absolute Gasteiger partial charge is 0.496 e. The highest BCUT2D eigenvalue weighted by Crippen LogP contribution is 2.33. The summed E-state index contributed by atoms with van der Waals surface area (Å²) in [6.45, 7) is 2.62. The summed E-state index contributed by atoms with van der Waals surface area (Å²) in [5.74, 6) is 1.80. The lowest BCUT2D eigenvalue weighted by atomic mass is 10.2. The Kier molecular flexibility index (Phi) is 6.93. The summed E-state index contributed by atoms with van der Waals surface area (Å²) in [5.41, 5.74) is 0.750. The van der Waals surface area contributed by atoms with Gasteiger partial charge in [-0.1, -0.05) is 23.4 Å². The topological polar surface area (TPSA) is 81.9 Å². The Bertz CT molecular complexity index is 981. The van der Waals surface area contributed by atoms with Crippen LogP contribution in [0.5, 0.6) is 5.75 Å². The molecule has 3 rings (SSSR count). The number of nitrogens with one attached hydrogen (secondary N) is 1. The van der Waals surface area contributed by atoms with Crippen LogP contribution in [0.4, 0.5) is 5.82 Å². The van der Waals surface area contributed by atoms with Gasteiger partial charge in [0.25, 0.3) is 0 Å². The molecular formula is C18H17BrClN5O2S. The molecule has 0 saturated carbocycles. The number of pyridine rings is 1. The van der Waals surface area contributed by atoms with Crippen LogP contribution in [-0.4, -0.2) is 38.5 Å². The van der Waals surface area contributed by atoms with Crippen LogP contribution >= 0.6 is 39.3 Å². The molecule has 0 unspecified atom stereocenters. The number of aromatic nitrogens is 4. The summed E-state index contributed by atoms with van der Waals surface area (Å²) in [7, 11) is 1.59. The summed E-state index contributed by atoms with van der Waals surface area (Å²) < 4.78 is 8.18. The van der Waals surface area contributed by atoms with Gasteiger partial charge in [-0.15, -0.1) is 10.2 Å². The Hall–Kier alpha value is -2.10. The molecular weight excluding hydrogens is 466 g/mol. The molecule has 0 fully saturated rings. The van der Waals surface area contributed by atoms with Crippen molar-refractivity contribution in [1.82, 2.24) is 19.7 Å². The van der Waals surface area contributed by atoms with E-state index in [4.69, 9.17) is 16.3 Å². The summed E-state index contributed by atoms with van der Waals surface area (Å²) in [4.78, 5) is 16.3. The van der Waals surface area contributed by atoms with Crippen molar-refractivity contribution in [1.29, 1.82) is 0 Å². The number of thioether (sulfide) groups is 1. The van der Waals surface area contributed by atoms with Crippen LogP contribution in [0.1, 0.15) is 6.92 Å². The van der Waals surface area contributed by atoms with E-state index >= 15 is 0 Å². The van der Waals surface area contributed by atoms with Gasteiger partial charge in [0.15, 0.2) is 11.0 Å². The number of rotatable bonds is 7. The lowest BCUT2D eigenvalue weighted by Crippen LogP contribution is -2.15. The summed E-state index contributed by atoms with van der Waals surface area (Å²) >= 11 is 10.7. The number of amides is 1. The maximum Gasteiger partial charge on any atom is 0.236 e. The first kappa shape index (κ1) is 20.6. The molecule has 2 heterocycles. The molecule has 0 bridgehead atoms. The molecule has 2 aromatic heterocycles. The predicted octanol–water partition coefficient (Wildman–Crippen LogP) is 4.52. The van der Waals surface area contributed by atoms with Crippen molar-refractivity contribution in [2.75, 3.05) is 18.2 Å². The molecule has 28 heavy (non-hydrogen) atoms. The Morgan fingerprint density at radius 3 is 2.82 bits per heavy atom. The second kappa shape index (κ2) is 9.40. The normalized spacial score (nSPS) is 10.7. The van der Waals surface area contributed by atoms with Gasteiger partial charge >= 0.3 is 0 Å². The van der Waals surface area contributed by atoms with Gasteiger partial charge in [0, 0.05) is 22.2 Å². The van der Waals surface area contributed by atoms with Crippen LogP contribution in [0.3, 0.4) is 0 Å². The third-order valence-corrected chi connectivity index (χ3v) is 5.43. The lowest BCUT2D eigenvalue weighted by Gasteiger charge is -2.11. The van der Waals surface area contributed by atoms with Crippen LogP contribution in [0.2, 0.25) is 5.02 Å². The van der Waals surface area contributed by atoms with E-state index in [1.807, 2.05) is 17.6 Å². The Morgan fingerprint density at radius 2 is 2.14 bits per heavy atom. The van der Waals surface area contributed by atoms with Gasteiger partial charge in [-0.3, -0.25) is 4.79 Å². The average Bonchev–Trinajstić information content (AvgIpc) is 3.11. The second-order valence-electron chi connectivity index (χ2n) is 5.59. The quantitative estimate of drug-likeness (QED) is 0.499. The lowest BCUT2D eigenvalue weighted by molar-refractivity contribution is -0.113. The molecule has 0 aliphatic heterocycles. The fraction of sp³-hybridized carbons (Fsp3) is 0.222. The first-order valence-corrected chi connectivity index (χ1v) is 10.5. The number of anilines is 1. The second-order valence-corrected chi connectivity index (χ2v) is 7.89. The maximum atomic E-state index is 12.2. The molecule has 0 aliphatic rings. The Labute approximate surface area is 180 Å². The number of benzene rings is 1. The Balaban J connectivity index is 1.74. The highest BCUT2D eigenvalue weighted by molar-refractivity contribution is 9.10. The fourth-order valence-electron chi connectivity index (χ4n) is 2.49. The number of carbonyl (C=O) groups is 1. The molecule has 146 valence electrons. The monoisotopic (exact) mass is 481 g/mol. The zero-order valence-corrected chi connectivity index (χ0v) is 18.3. The van der Waals surface area contributed by atoms with Crippen LogP contribution in [0.25, 0.3) is 11.4 Å². The van der Waals surface area contributed by atoms with Crippen molar-refractivity contribution in [3.63, 3.8) is 0 Å². The van der Waals surface area contributed by atoms with E-state index in [-0.39, 0.29) is 11.7 Å². The SMILES string of the molecule is CCn1c(SCC(=O)Nc2ccc(Br)cn2)nnc1-c1cc(Cl)ccc1OC. The van der Waals surface area contributed by atoms with Crippen molar-refractivity contribution in [3.8, 4) is 17.1 Å². The molecule has 0 spiro atoms. The minimum Gasteiger partial charge on any atom is -0.496 e. The zero-order chi connectivity index (χ0) is 20.1. The standard InChI is InChI=1S/C18H17BrClN5O2S/c1-3-25-17(13-8-12(20)5-6-14(13)27-2)23-24-18(25)28-10-16(26)22-15-7-4-11(19)9-21-15/h4-9H,3,10H2,1-2H3,(H,21,22,26).